The van der Waals surface area contributed by atoms with E-state index in [9.17, 15) is 0 Å². The Morgan fingerprint density at radius 3 is 2.70 bits per heavy atom. The summed E-state index contributed by atoms with van der Waals surface area (Å²) in [6.07, 6.45) is 5.61. The molecule has 3 N–H and O–H groups in total. The van der Waals surface area contributed by atoms with Crippen LogP contribution in [-0.2, 0) is 12.8 Å². The predicted molar refractivity (Wildman–Crippen MR) is 84.7 cm³/mol. The molecule has 0 radical (unpaired) electrons. The fourth-order valence-electron chi connectivity index (χ4n) is 2.93. The summed E-state index contributed by atoms with van der Waals surface area (Å²) < 4.78 is 0. The van der Waals surface area contributed by atoms with Gasteiger partial charge in [0.1, 0.15) is 11.7 Å². The Bertz CT molecular complexity index is 495. The van der Waals surface area contributed by atoms with Crippen LogP contribution in [0.25, 0.3) is 0 Å². The zero-order valence-corrected chi connectivity index (χ0v) is 12.9. The molecule has 1 aromatic rings. The fraction of sp³-hybridized carbons (Fsp3) is 0.625. The molecule has 1 aliphatic rings. The van der Waals surface area contributed by atoms with Gasteiger partial charge in [0.25, 0.3) is 0 Å². The molecule has 0 aromatic carbocycles. The number of aryl methyl sites for hydroxylation is 2. The van der Waals surface area contributed by atoms with E-state index < -0.39 is 0 Å². The summed E-state index contributed by atoms with van der Waals surface area (Å²) in [6, 6.07) is 2.51. The molecule has 0 amide bonds. The van der Waals surface area contributed by atoms with Gasteiger partial charge >= 0.3 is 0 Å². The number of nitrogens with zero attached hydrogens (tertiary/aromatic N) is 2. The zero-order chi connectivity index (χ0) is 14.7. The van der Waals surface area contributed by atoms with Gasteiger partial charge in [-0.25, -0.2) is 4.98 Å². The number of nitrogen functional groups attached to an aromatic ring is 1. The number of nitrogens with two attached hydrogens (primary N) is 1. The van der Waals surface area contributed by atoms with Crippen LogP contribution in [0.1, 0.15) is 56.9 Å². The van der Waals surface area contributed by atoms with Crippen LogP contribution in [0.3, 0.4) is 0 Å². The molecule has 4 nitrogen and oxygen atoms in total. The Kier molecular flexibility index (Phi) is 4.63. The van der Waals surface area contributed by atoms with Gasteiger partial charge in [0.15, 0.2) is 0 Å². The molecule has 1 atom stereocenters. The number of rotatable bonds is 5. The number of amidine groups is 1. The summed E-state index contributed by atoms with van der Waals surface area (Å²) in [5.41, 5.74) is 9.09. The minimum absolute atomic E-state index is 0.127. The third-order valence-corrected chi connectivity index (χ3v) is 4.31. The van der Waals surface area contributed by atoms with Gasteiger partial charge in [-0.05, 0) is 57.6 Å². The largest absolute Gasteiger partial charge is 0.384 e. The third-order valence-electron chi connectivity index (χ3n) is 4.31. The van der Waals surface area contributed by atoms with Crippen molar-refractivity contribution in [3.05, 3.63) is 22.9 Å². The standard InChI is InChI=1S/C16H26N4/c1-4-11(3)20(5-2)16-13(15(17)18)10-12-8-6-7-9-14(12)19-16/h10-11H,4-9H2,1-3H3,(H3,17,18). The van der Waals surface area contributed by atoms with E-state index in [0.717, 1.165) is 37.2 Å². The molecule has 1 heterocycles. The van der Waals surface area contributed by atoms with E-state index in [1.165, 1.54) is 24.1 Å². The summed E-state index contributed by atoms with van der Waals surface area (Å²) in [4.78, 5) is 7.15. The molecule has 110 valence electrons. The minimum Gasteiger partial charge on any atom is -0.384 e. The molecule has 1 aliphatic carbocycles. The first kappa shape index (κ1) is 14.8. The third kappa shape index (κ3) is 2.79. The lowest BCUT2D eigenvalue weighted by molar-refractivity contribution is 0.614. The Morgan fingerprint density at radius 1 is 1.40 bits per heavy atom. The molecular formula is C16H26N4. The van der Waals surface area contributed by atoms with Crippen LogP contribution in [0.15, 0.2) is 6.07 Å². The van der Waals surface area contributed by atoms with E-state index >= 15 is 0 Å². The summed E-state index contributed by atoms with van der Waals surface area (Å²) >= 11 is 0. The molecule has 2 rings (SSSR count). The Labute approximate surface area is 121 Å². The first-order valence-corrected chi connectivity index (χ1v) is 7.72. The summed E-state index contributed by atoms with van der Waals surface area (Å²) in [6.45, 7) is 7.41. The first-order chi connectivity index (χ1) is 9.58. The van der Waals surface area contributed by atoms with Gasteiger partial charge in [0.05, 0.1) is 5.56 Å². The van der Waals surface area contributed by atoms with Crippen LogP contribution >= 0.6 is 0 Å². The monoisotopic (exact) mass is 274 g/mol. The molecule has 20 heavy (non-hydrogen) atoms. The van der Waals surface area contributed by atoms with Crippen molar-refractivity contribution < 1.29 is 0 Å². The topological polar surface area (TPSA) is 66.0 Å². The molecule has 0 spiro atoms. The van der Waals surface area contributed by atoms with Crippen molar-refractivity contribution in [1.29, 1.82) is 5.41 Å². The maximum absolute atomic E-state index is 7.87. The van der Waals surface area contributed by atoms with E-state index in [0.29, 0.717) is 6.04 Å². The first-order valence-electron chi connectivity index (χ1n) is 7.72. The van der Waals surface area contributed by atoms with Crippen LogP contribution in [-0.4, -0.2) is 23.4 Å². The number of fused-ring (bicyclic) bond motifs is 1. The van der Waals surface area contributed by atoms with Crippen molar-refractivity contribution in [1.82, 2.24) is 4.98 Å². The molecule has 0 saturated heterocycles. The number of anilines is 1. The van der Waals surface area contributed by atoms with Crippen molar-refractivity contribution in [2.75, 3.05) is 11.4 Å². The van der Waals surface area contributed by atoms with E-state index in [1.54, 1.807) is 0 Å². The highest BCUT2D eigenvalue weighted by molar-refractivity contribution is 6.00. The predicted octanol–water partition coefficient (Wildman–Crippen LogP) is 2.87. The van der Waals surface area contributed by atoms with Gasteiger partial charge < -0.3 is 10.6 Å². The smallest absolute Gasteiger partial charge is 0.140 e. The van der Waals surface area contributed by atoms with E-state index in [2.05, 4.69) is 31.7 Å². The number of pyridine rings is 1. The number of hydrogen-bond acceptors (Lipinski definition) is 3. The van der Waals surface area contributed by atoms with Crippen molar-refractivity contribution in [3.63, 3.8) is 0 Å². The lowest BCUT2D eigenvalue weighted by Gasteiger charge is -2.31. The van der Waals surface area contributed by atoms with Crippen LogP contribution in [0.2, 0.25) is 0 Å². The zero-order valence-electron chi connectivity index (χ0n) is 12.9. The highest BCUT2D eigenvalue weighted by atomic mass is 15.2. The van der Waals surface area contributed by atoms with Crippen molar-refractivity contribution in [3.8, 4) is 0 Å². The molecule has 0 saturated carbocycles. The van der Waals surface area contributed by atoms with Gasteiger partial charge in [0.2, 0.25) is 0 Å². The molecule has 0 bridgehead atoms. The fourth-order valence-corrected chi connectivity index (χ4v) is 2.93. The Hall–Kier alpha value is -1.58. The second kappa shape index (κ2) is 6.25. The van der Waals surface area contributed by atoms with Crippen LogP contribution in [0.5, 0.6) is 0 Å². The Balaban J connectivity index is 2.51. The maximum Gasteiger partial charge on any atom is 0.140 e. The summed E-state index contributed by atoms with van der Waals surface area (Å²) in [7, 11) is 0. The van der Waals surface area contributed by atoms with Crippen LogP contribution in [0, 0.1) is 5.41 Å². The highest BCUT2D eigenvalue weighted by Crippen LogP contribution is 2.28. The van der Waals surface area contributed by atoms with Crippen LogP contribution < -0.4 is 10.6 Å². The second-order valence-electron chi connectivity index (χ2n) is 5.63. The highest BCUT2D eigenvalue weighted by Gasteiger charge is 2.21. The number of nitrogens with one attached hydrogen (secondary N) is 1. The van der Waals surface area contributed by atoms with Gasteiger partial charge in [0, 0.05) is 18.3 Å². The van der Waals surface area contributed by atoms with Gasteiger partial charge in [-0.15, -0.1) is 0 Å². The average molecular weight is 274 g/mol. The van der Waals surface area contributed by atoms with Crippen molar-refractivity contribution in [2.45, 2.75) is 58.9 Å². The van der Waals surface area contributed by atoms with E-state index in [4.69, 9.17) is 16.1 Å². The lowest BCUT2D eigenvalue weighted by Crippen LogP contribution is -2.35. The summed E-state index contributed by atoms with van der Waals surface area (Å²) in [5, 5.41) is 7.87. The van der Waals surface area contributed by atoms with Gasteiger partial charge in [-0.1, -0.05) is 6.92 Å². The number of hydrogen-bond donors (Lipinski definition) is 2. The SMILES string of the molecule is CCC(C)N(CC)c1nc2c(cc1C(=N)N)CCCC2. The summed E-state index contributed by atoms with van der Waals surface area (Å²) in [5.74, 6) is 1.03. The Morgan fingerprint density at radius 2 is 2.10 bits per heavy atom. The maximum atomic E-state index is 7.87. The molecule has 4 heteroatoms. The van der Waals surface area contributed by atoms with E-state index in [-0.39, 0.29) is 5.84 Å². The normalized spacial score (nSPS) is 15.6. The van der Waals surface area contributed by atoms with E-state index in [1.807, 2.05) is 0 Å². The van der Waals surface area contributed by atoms with Crippen molar-refractivity contribution >= 4 is 11.7 Å². The van der Waals surface area contributed by atoms with Crippen LogP contribution in [0.4, 0.5) is 5.82 Å². The molecule has 1 unspecified atom stereocenters. The molecular weight excluding hydrogens is 248 g/mol. The molecule has 0 fully saturated rings. The van der Waals surface area contributed by atoms with Gasteiger partial charge in [-0.3, -0.25) is 5.41 Å². The second-order valence-corrected chi connectivity index (χ2v) is 5.63. The number of aromatic nitrogens is 1. The average Bonchev–Trinajstić information content (AvgIpc) is 2.46. The van der Waals surface area contributed by atoms with Crippen molar-refractivity contribution in [2.24, 2.45) is 5.73 Å². The lowest BCUT2D eigenvalue weighted by atomic mass is 9.94. The quantitative estimate of drug-likeness (QED) is 0.641. The molecule has 0 aliphatic heterocycles. The minimum atomic E-state index is 0.127. The molecule has 1 aromatic heterocycles. The van der Waals surface area contributed by atoms with Gasteiger partial charge in [-0.2, -0.15) is 0 Å².